The number of rotatable bonds is 2. The van der Waals surface area contributed by atoms with Crippen molar-refractivity contribution in [1.82, 2.24) is 0 Å². The number of hydrogen-bond donors (Lipinski definition) is 1. The normalized spacial score (nSPS) is 12.5. The van der Waals surface area contributed by atoms with Crippen molar-refractivity contribution in [2.75, 3.05) is 0 Å². The maximum Gasteiger partial charge on any atom is 0.130 e. The molecule has 0 aliphatic rings. The minimum Gasteiger partial charge on any atom is -0.383 e. The fourth-order valence-electron chi connectivity index (χ4n) is 1.79. The van der Waals surface area contributed by atoms with E-state index in [-0.39, 0.29) is 16.1 Å². The summed E-state index contributed by atoms with van der Waals surface area (Å²) in [7, 11) is 0. The first-order valence-electron chi connectivity index (χ1n) is 5.48. The van der Waals surface area contributed by atoms with Crippen LogP contribution in [0.4, 0.5) is 8.78 Å². The average molecular weight is 348 g/mol. The lowest BCUT2D eigenvalue weighted by Gasteiger charge is -2.15. The second kappa shape index (κ2) is 5.57. The monoisotopic (exact) mass is 346 g/mol. The third-order valence-electron chi connectivity index (χ3n) is 2.78. The topological polar surface area (TPSA) is 20.2 Å². The zero-order chi connectivity index (χ0) is 14.2. The first-order chi connectivity index (χ1) is 8.90. The highest BCUT2D eigenvalue weighted by Gasteiger charge is 2.20. The van der Waals surface area contributed by atoms with E-state index in [2.05, 4.69) is 15.9 Å². The second-order valence-electron chi connectivity index (χ2n) is 4.22. The summed E-state index contributed by atoms with van der Waals surface area (Å²) in [5.41, 5.74) is 0.744. The number of hydrogen-bond acceptors (Lipinski definition) is 1. The Kier molecular flexibility index (Phi) is 4.23. The van der Waals surface area contributed by atoms with Gasteiger partial charge in [0.2, 0.25) is 0 Å². The van der Waals surface area contributed by atoms with Gasteiger partial charge in [0.05, 0.1) is 5.02 Å². The predicted molar refractivity (Wildman–Crippen MR) is 74.3 cm³/mol. The molecule has 100 valence electrons. The molecule has 0 aliphatic heterocycles. The molecule has 0 amide bonds. The first-order valence-corrected chi connectivity index (χ1v) is 6.66. The van der Waals surface area contributed by atoms with Gasteiger partial charge in [0, 0.05) is 15.6 Å². The number of aliphatic hydroxyl groups excluding tert-OH is 1. The minimum absolute atomic E-state index is 0.0253. The van der Waals surface area contributed by atoms with Crippen molar-refractivity contribution in [2.24, 2.45) is 0 Å². The van der Waals surface area contributed by atoms with Gasteiger partial charge in [0.1, 0.15) is 17.7 Å². The van der Waals surface area contributed by atoms with Crippen LogP contribution in [-0.2, 0) is 0 Å². The van der Waals surface area contributed by atoms with E-state index in [0.717, 1.165) is 11.6 Å². The fourth-order valence-corrected chi connectivity index (χ4v) is 2.28. The molecule has 2 aromatic carbocycles. The van der Waals surface area contributed by atoms with Crippen LogP contribution in [0.25, 0.3) is 0 Å². The Morgan fingerprint density at radius 3 is 2.42 bits per heavy atom. The summed E-state index contributed by atoms with van der Waals surface area (Å²) in [6.07, 6.45) is -1.40. The van der Waals surface area contributed by atoms with Gasteiger partial charge in [-0.25, -0.2) is 8.78 Å². The van der Waals surface area contributed by atoms with Crippen molar-refractivity contribution < 1.29 is 13.9 Å². The summed E-state index contributed by atoms with van der Waals surface area (Å²) in [6.45, 7) is 1.76. The van der Waals surface area contributed by atoms with Crippen molar-refractivity contribution in [1.29, 1.82) is 0 Å². The molecule has 0 saturated heterocycles. The minimum atomic E-state index is -1.40. The molecule has 0 aromatic heterocycles. The molecule has 2 aromatic rings. The zero-order valence-electron chi connectivity index (χ0n) is 9.92. The summed E-state index contributed by atoms with van der Waals surface area (Å²) in [6, 6.07) is 6.74. The Bertz CT molecular complexity index is 631. The van der Waals surface area contributed by atoms with E-state index in [0.29, 0.717) is 4.47 Å². The Labute approximate surface area is 123 Å². The third kappa shape index (κ3) is 2.96. The van der Waals surface area contributed by atoms with E-state index < -0.39 is 17.7 Å². The maximum atomic E-state index is 13.8. The fraction of sp³-hybridized carbons (Fsp3) is 0.143. The van der Waals surface area contributed by atoms with E-state index in [4.69, 9.17) is 11.6 Å². The van der Waals surface area contributed by atoms with Crippen LogP contribution in [-0.4, -0.2) is 5.11 Å². The largest absolute Gasteiger partial charge is 0.383 e. The van der Waals surface area contributed by atoms with Gasteiger partial charge in [0.25, 0.3) is 0 Å². The lowest BCUT2D eigenvalue weighted by atomic mass is 9.99. The van der Waals surface area contributed by atoms with E-state index >= 15 is 0 Å². The molecule has 0 saturated carbocycles. The number of halogens is 4. The molecule has 19 heavy (non-hydrogen) atoms. The van der Waals surface area contributed by atoms with Gasteiger partial charge in [0.15, 0.2) is 0 Å². The Morgan fingerprint density at radius 1 is 1.11 bits per heavy atom. The number of benzene rings is 2. The van der Waals surface area contributed by atoms with Gasteiger partial charge in [-0.2, -0.15) is 0 Å². The van der Waals surface area contributed by atoms with E-state index in [9.17, 15) is 13.9 Å². The molecule has 2 rings (SSSR count). The molecule has 5 heteroatoms. The van der Waals surface area contributed by atoms with Crippen LogP contribution in [0.2, 0.25) is 5.02 Å². The summed E-state index contributed by atoms with van der Waals surface area (Å²) in [5, 5.41) is 10.4. The molecule has 1 unspecified atom stereocenters. The van der Waals surface area contributed by atoms with Gasteiger partial charge in [-0.3, -0.25) is 0 Å². The summed E-state index contributed by atoms with van der Waals surface area (Å²) < 4.78 is 27.9. The lowest BCUT2D eigenvalue weighted by molar-refractivity contribution is 0.209. The highest BCUT2D eigenvalue weighted by molar-refractivity contribution is 9.10. The van der Waals surface area contributed by atoms with Crippen LogP contribution >= 0.6 is 27.5 Å². The summed E-state index contributed by atoms with van der Waals surface area (Å²) >= 11 is 8.95. The van der Waals surface area contributed by atoms with Crippen LogP contribution in [0.3, 0.4) is 0 Å². The highest BCUT2D eigenvalue weighted by Crippen LogP contribution is 2.32. The molecule has 0 bridgehead atoms. The molecule has 1 atom stereocenters. The highest BCUT2D eigenvalue weighted by atomic mass is 79.9. The van der Waals surface area contributed by atoms with Crippen molar-refractivity contribution in [2.45, 2.75) is 13.0 Å². The molecule has 0 aliphatic carbocycles. The average Bonchev–Trinajstić information content (AvgIpc) is 2.36. The molecule has 0 spiro atoms. The van der Waals surface area contributed by atoms with Crippen LogP contribution in [0.15, 0.2) is 34.8 Å². The molecule has 0 radical (unpaired) electrons. The van der Waals surface area contributed by atoms with Crippen molar-refractivity contribution in [3.63, 3.8) is 0 Å². The van der Waals surface area contributed by atoms with Crippen LogP contribution in [0.1, 0.15) is 22.8 Å². The van der Waals surface area contributed by atoms with Crippen LogP contribution in [0.5, 0.6) is 0 Å². The van der Waals surface area contributed by atoms with Gasteiger partial charge in [-0.05, 0) is 41.1 Å². The van der Waals surface area contributed by atoms with Gasteiger partial charge in [-0.15, -0.1) is 0 Å². The smallest absolute Gasteiger partial charge is 0.130 e. The SMILES string of the molecule is Cc1ccc(F)c(C(O)c2cc(Cl)c(Br)cc2F)c1. The maximum absolute atomic E-state index is 13.8. The van der Waals surface area contributed by atoms with Gasteiger partial charge >= 0.3 is 0 Å². The second-order valence-corrected chi connectivity index (χ2v) is 5.48. The molecule has 0 heterocycles. The summed E-state index contributed by atoms with van der Waals surface area (Å²) in [4.78, 5) is 0. The van der Waals surface area contributed by atoms with E-state index in [1.54, 1.807) is 13.0 Å². The van der Waals surface area contributed by atoms with E-state index in [1.165, 1.54) is 18.2 Å². The van der Waals surface area contributed by atoms with Gasteiger partial charge in [-0.1, -0.05) is 29.3 Å². The standard InChI is InChI=1S/C14H10BrClF2O/c1-7-2-3-12(17)8(4-7)14(19)9-5-11(16)10(15)6-13(9)18/h2-6,14,19H,1H3. The predicted octanol–water partition coefficient (Wildman–Crippen LogP) is 4.77. The number of aliphatic hydroxyl groups is 1. The Morgan fingerprint density at radius 2 is 1.74 bits per heavy atom. The molecular formula is C14H10BrClF2O. The first kappa shape index (κ1) is 14.4. The molecule has 0 fully saturated rings. The van der Waals surface area contributed by atoms with Crippen LogP contribution in [0, 0.1) is 18.6 Å². The molecule has 1 N–H and O–H groups in total. The Balaban J connectivity index is 2.52. The van der Waals surface area contributed by atoms with Gasteiger partial charge < -0.3 is 5.11 Å². The van der Waals surface area contributed by atoms with Crippen molar-refractivity contribution in [3.8, 4) is 0 Å². The van der Waals surface area contributed by atoms with Crippen molar-refractivity contribution >= 4 is 27.5 Å². The lowest BCUT2D eigenvalue weighted by Crippen LogP contribution is -2.05. The molecule has 1 nitrogen and oxygen atoms in total. The third-order valence-corrected chi connectivity index (χ3v) is 3.98. The molecular weight excluding hydrogens is 338 g/mol. The Hall–Kier alpha value is -0.970. The van der Waals surface area contributed by atoms with Crippen LogP contribution < -0.4 is 0 Å². The quantitative estimate of drug-likeness (QED) is 0.776. The van der Waals surface area contributed by atoms with Crippen molar-refractivity contribution in [3.05, 3.63) is 68.2 Å². The zero-order valence-corrected chi connectivity index (χ0v) is 12.3. The summed E-state index contributed by atoms with van der Waals surface area (Å²) in [5.74, 6) is -1.23. The number of aryl methyl sites for hydroxylation is 1. The van der Waals surface area contributed by atoms with E-state index in [1.807, 2.05) is 0 Å².